The number of anilines is 1. The van der Waals surface area contributed by atoms with Crippen LogP contribution in [0.25, 0.3) is 0 Å². The van der Waals surface area contributed by atoms with Crippen molar-refractivity contribution in [1.82, 2.24) is 9.78 Å². The number of nitrogens with one attached hydrogen (secondary N) is 1. The molecule has 1 N–H and O–H groups in total. The standard InChI is InChI=1S/C17H22BrN3O2/c1-17(2,3)12-6-5-7-13(10-12)23-9-8-19-14-11-20-21(4)16(22)15(14)18/h5-7,10-11,19H,8-9H2,1-4H3. The van der Waals surface area contributed by atoms with E-state index < -0.39 is 0 Å². The van der Waals surface area contributed by atoms with Gasteiger partial charge in [0.15, 0.2) is 0 Å². The molecule has 1 heterocycles. The van der Waals surface area contributed by atoms with Crippen LogP contribution in [-0.2, 0) is 12.5 Å². The Morgan fingerprint density at radius 1 is 1.35 bits per heavy atom. The van der Waals surface area contributed by atoms with Gasteiger partial charge in [-0.15, -0.1) is 0 Å². The number of aromatic nitrogens is 2. The van der Waals surface area contributed by atoms with Crippen LogP contribution in [0.15, 0.2) is 39.7 Å². The van der Waals surface area contributed by atoms with Crippen LogP contribution in [0, 0.1) is 0 Å². The van der Waals surface area contributed by atoms with Gasteiger partial charge < -0.3 is 10.1 Å². The largest absolute Gasteiger partial charge is 0.492 e. The highest BCUT2D eigenvalue weighted by molar-refractivity contribution is 9.10. The number of rotatable bonds is 5. The Kier molecular flexibility index (Phi) is 5.46. The van der Waals surface area contributed by atoms with Crippen molar-refractivity contribution in [3.63, 3.8) is 0 Å². The zero-order valence-corrected chi connectivity index (χ0v) is 15.5. The normalized spacial score (nSPS) is 11.3. The van der Waals surface area contributed by atoms with Crippen molar-refractivity contribution in [3.8, 4) is 5.75 Å². The fraction of sp³-hybridized carbons (Fsp3) is 0.412. The fourth-order valence-corrected chi connectivity index (χ4v) is 2.54. The molecule has 0 aliphatic heterocycles. The van der Waals surface area contributed by atoms with E-state index in [0.717, 1.165) is 5.75 Å². The molecule has 0 bridgehead atoms. The second kappa shape index (κ2) is 7.17. The molecule has 0 saturated heterocycles. The summed E-state index contributed by atoms with van der Waals surface area (Å²) in [5.41, 5.74) is 1.83. The van der Waals surface area contributed by atoms with Crippen molar-refractivity contribution in [1.29, 1.82) is 0 Å². The minimum atomic E-state index is -0.172. The second-order valence-corrected chi connectivity index (χ2v) is 7.15. The molecular weight excluding hydrogens is 358 g/mol. The number of hydrogen-bond acceptors (Lipinski definition) is 4. The van der Waals surface area contributed by atoms with E-state index in [2.05, 4.69) is 59.2 Å². The molecule has 124 valence electrons. The topological polar surface area (TPSA) is 56.1 Å². The summed E-state index contributed by atoms with van der Waals surface area (Å²) in [6, 6.07) is 8.12. The molecular formula is C17H22BrN3O2. The molecule has 0 fully saturated rings. The lowest BCUT2D eigenvalue weighted by molar-refractivity contribution is 0.332. The van der Waals surface area contributed by atoms with Gasteiger partial charge in [0.05, 0.1) is 11.9 Å². The molecule has 0 unspecified atom stereocenters. The molecule has 1 aromatic heterocycles. The van der Waals surface area contributed by atoms with Crippen LogP contribution in [-0.4, -0.2) is 22.9 Å². The minimum absolute atomic E-state index is 0.0955. The summed E-state index contributed by atoms with van der Waals surface area (Å²) in [5, 5.41) is 7.13. The first-order valence-corrected chi connectivity index (χ1v) is 8.27. The van der Waals surface area contributed by atoms with E-state index in [1.165, 1.54) is 10.2 Å². The first-order chi connectivity index (χ1) is 10.8. The number of nitrogens with zero attached hydrogens (tertiary/aromatic N) is 2. The van der Waals surface area contributed by atoms with E-state index in [-0.39, 0.29) is 11.0 Å². The van der Waals surface area contributed by atoms with Gasteiger partial charge in [-0.05, 0) is 39.0 Å². The maximum absolute atomic E-state index is 11.8. The van der Waals surface area contributed by atoms with E-state index in [9.17, 15) is 4.79 Å². The third-order valence-electron chi connectivity index (χ3n) is 3.46. The highest BCUT2D eigenvalue weighted by atomic mass is 79.9. The van der Waals surface area contributed by atoms with E-state index in [1.54, 1.807) is 13.2 Å². The van der Waals surface area contributed by atoms with E-state index in [1.807, 2.05) is 12.1 Å². The third-order valence-corrected chi connectivity index (χ3v) is 4.23. The molecule has 0 radical (unpaired) electrons. The Labute approximate surface area is 144 Å². The van der Waals surface area contributed by atoms with Crippen LogP contribution in [0.2, 0.25) is 0 Å². The zero-order chi connectivity index (χ0) is 17.0. The number of benzene rings is 1. The Bertz CT molecular complexity index is 735. The van der Waals surface area contributed by atoms with Crippen LogP contribution in [0.1, 0.15) is 26.3 Å². The summed E-state index contributed by atoms with van der Waals surface area (Å²) in [6.07, 6.45) is 1.62. The summed E-state index contributed by atoms with van der Waals surface area (Å²) in [4.78, 5) is 11.8. The Morgan fingerprint density at radius 2 is 2.09 bits per heavy atom. The first-order valence-electron chi connectivity index (χ1n) is 7.48. The van der Waals surface area contributed by atoms with Gasteiger partial charge in [0, 0.05) is 13.6 Å². The van der Waals surface area contributed by atoms with Crippen LogP contribution in [0.5, 0.6) is 5.75 Å². The fourth-order valence-electron chi connectivity index (χ4n) is 2.04. The second-order valence-electron chi connectivity index (χ2n) is 6.35. The lowest BCUT2D eigenvalue weighted by Crippen LogP contribution is -2.22. The molecule has 0 spiro atoms. The van der Waals surface area contributed by atoms with Gasteiger partial charge >= 0.3 is 0 Å². The van der Waals surface area contributed by atoms with Gasteiger partial charge in [-0.1, -0.05) is 32.9 Å². The van der Waals surface area contributed by atoms with Gasteiger partial charge in [-0.3, -0.25) is 4.79 Å². The van der Waals surface area contributed by atoms with Crippen molar-refractivity contribution in [2.45, 2.75) is 26.2 Å². The number of aryl methyl sites for hydroxylation is 1. The van der Waals surface area contributed by atoms with Gasteiger partial charge in [0.25, 0.3) is 5.56 Å². The molecule has 0 aliphatic carbocycles. The van der Waals surface area contributed by atoms with Crippen molar-refractivity contribution < 1.29 is 4.74 Å². The Morgan fingerprint density at radius 3 is 2.78 bits per heavy atom. The summed E-state index contributed by atoms with van der Waals surface area (Å²) in [5.74, 6) is 0.848. The molecule has 23 heavy (non-hydrogen) atoms. The van der Waals surface area contributed by atoms with Crippen molar-refractivity contribution >= 4 is 21.6 Å². The molecule has 0 saturated carbocycles. The SMILES string of the molecule is Cn1ncc(NCCOc2cccc(C(C)(C)C)c2)c(Br)c1=O. The van der Waals surface area contributed by atoms with Gasteiger partial charge in [0.1, 0.15) is 16.8 Å². The zero-order valence-electron chi connectivity index (χ0n) is 13.9. The van der Waals surface area contributed by atoms with E-state index in [0.29, 0.717) is 23.3 Å². The summed E-state index contributed by atoms with van der Waals surface area (Å²) < 4.78 is 7.53. The summed E-state index contributed by atoms with van der Waals surface area (Å²) in [7, 11) is 1.61. The average molecular weight is 380 g/mol. The molecule has 6 heteroatoms. The minimum Gasteiger partial charge on any atom is -0.492 e. The molecule has 2 aromatic rings. The van der Waals surface area contributed by atoms with Gasteiger partial charge in [-0.25, -0.2) is 4.68 Å². The van der Waals surface area contributed by atoms with Crippen LogP contribution in [0.4, 0.5) is 5.69 Å². The van der Waals surface area contributed by atoms with Crippen LogP contribution < -0.4 is 15.6 Å². The third kappa shape index (κ3) is 4.58. The van der Waals surface area contributed by atoms with Crippen molar-refractivity contribution in [2.75, 3.05) is 18.5 Å². The highest BCUT2D eigenvalue weighted by Crippen LogP contribution is 2.25. The van der Waals surface area contributed by atoms with Crippen molar-refractivity contribution in [2.24, 2.45) is 7.05 Å². The van der Waals surface area contributed by atoms with Crippen molar-refractivity contribution in [3.05, 3.63) is 50.9 Å². The predicted octanol–water partition coefficient (Wildman–Crippen LogP) is 3.33. The maximum Gasteiger partial charge on any atom is 0.282 e. The monoisotopic (exact) mass is 379 g/mol. The Balaban J connectivity index is 1.91. The molecule has 2 rings (SSSR count). The summed E-state index contributed by atoms with van der Waals surface area (Å²) >= 11 is 3.28. The highest BCUT2D eigenvalue weighted by Gasteiger charge is 2.13. The van der Waals surface area contributed by atoms with Crippen LogP contribution >= 0.6 is 15.9 Å². The number of halogens is 1. The molecule has 5 nitrogen and oxygen atoms in total. The lowest BCUT2D eigenvalue weighted by Gasteiger charge is -2.19. The molecule has 0 amide bonds. The first kappa shape index (κ1) is 17.5. The molecule has 0 aliphatic rings. The lowest BCUT2D eigenvalue weighted by atomic mass is 9.87. The maximum atomic E-state index is 11.8. The Hall–Kier alpha value is -1.82. The van der Waals surface area contributed by atoms with Gasteiger partial charge in [-0.2, -0.15) is 5.10 Å². The van der Waals surface area contributed by atoms with Crippen LogP contribution in [0.3, 0.4) is 0 Å². The quantitative estimate of drug-likeness (QED) is 0.809. The predicted molar refractivity (Wildman–Crippen MR) is 96.3 cm³/mol. The number of hydrogen-bond donors (Lipinski definition) is 1. The van der Waals surface area contributed by atoms with Gasteiger partial charge in [0.2, 0.25) is 0 Å². The average Bonchev–Trinajstić information content (AvgIpc) is 2.50. The molecule has 0 atom stereocenters. The summed E-state index contributed by atoms with van der Waals surface area (Å²) in [6.45, 7) is 7.60. The van der Waals surface area contributed by atoms with E-state index >= 15 is 0 Å². The smallest absolute Gasteiger partial charge is 0.282 e. The number of ether oxygens (including phenoxy) is 1. The molecule has 1 aromatic carbocycles. The van der Waals surface area contributed by atoms with E-state index in [4.69, 9.17) is 4.74 Å².